The summed E-state index contributed by atoms with van der Waals surface area (Å²) in [7, 11) is 0. The Bertz CT molecular complexity index is 517. The number of aromatic carboxylic acids is 1. The first-order valence-corrected chi connectivity index (χ1v) is 6.38. The molecule has 2 amide bonds. The van der Waals surface area contributed by atoms with Crippen molar-refractivity contribution >= 4 is 17.7 Å². The molecule has 7 nitrogen and oxygen atoms in total. The average Bonchev–Trinajstić information content (AvgIpc) is 2.43. The molecular formula is C14H16N2O5. The first-order chi connectivity index (χ1) is 9.95. The Morgan fingerprint density at radius 3 is 2.48 bits per heavy atom. The largest absolute Gasteiger partial charge is 0.478 e. The van der Waals surface area contributed by atoms with Gasteiger partial charge in [-0.25, -0.2) is 9.59 Å². The molecule has 2 radical (unpaired) electrons. The molecule has 0 saturated carbocycles. The first kappa shape index (κ1) is 15.3. The smallest absolute Gasteiger partial charge is 0.335 e. The summed E-state index contributed by atoms with van der Waals surface area (Å²) in [6.07, 6.45) is 0.0889. The van der Waals surface area contributed by atoms with Crippen molar-refractivity contribution in [3.05, 3.63) is 42.9 Å². The fraction of sp³-hybridized carbons (Fsp3) is 0.286. The van der Waals surface area contributed by atoms with E-state index in [1.165, 1.54) is 37.3 Å². The van der Waals surface area contributed by atoms with E-state index in [0.717, 1.165) is 0 Å². The Morgan fingerprint density at radius 1 is 1.24 bits per heavy atom. The van der Waals surface area contributed by atoms with Crippen LogP contribution in [0.2, 0.25) is 0 Å². The molecule has 2 rings (SSSR count). The topological polar surface area (TPSA) is 108 Å². The van der Waals surface area contributed by atoms with Crippen LogP contribution in [0.3, 0.4) is 0 Å². The molecule has 1 saturated heterocycles. The number of carboxylic acids is 1. The Kier molecular flexibility index (Phi) is 4.77. The molecule has 1 aliphatic heterocycles. The van der Waals surface area contributed by atoms with Crippen LogP contribution in [0.25, 0.3) is 0 Å². The number of urea groups is 1. The molecule has 112 valence electrons. The molecule has 1 aliphatic rings. The molecule has 3 atom stereocenters. The fourth-order valence-electron chi connectivity index (χ4n) is 1.76. The quantitative estimate of drug-likeness (QED) is 0.670. The van der Waals surface area contributed by atoms with Crippen molar-refractivity contribution in [2.75, 3.05) is 5.32 Å². The zero-order valence-corrected chi connectivity index (χ0v) is 11.3. The van der Waals surface area contributed by atoms with Crippen LogP contribution in [-0.4, -0.2) is 34.5 Å². The number of carbonyl (C=O) groups is 2. The van der Waals surface area contributed by atoms with Gasteiger partial charge in [0.15, 0.2) is 0 Å². The second-order valence-corrected chi connectivity index (χ2v) is 4.72. The van der Waals surface area contributed by atoms with Gasteiger partial charge in [0.05, 0.1) is 18.3 Å². The first-order valence-electron chi connectivity index (χ1n) is 6.38. The highest BCUT2D eigenvalue weighted by Gasteiger charge is 2.28. The molecule has 3 unspecified atom stereocenters. The molecule has 1 heterocycles. The van der Waals surface area contributed by atoms with E-state index in [1.54, 1.807) is 6.92 Å². The van der Waals surface area contributed by atoms with E-state index in [1.807, 2.05) is 0 Å². The molecule has 0 aliphatic carbocycles. The van der Waals surface area contributed by atoms with Crippen LogP contribution in [0.1, 0.15) is 17.3 Å². The Labute approximate surface area is 121 Å². The number of carbonyl (C=O) groups excluding carboxylic acids is 1. The Morgan fingerprint density at radius 2 is 1.90 bits per heavy atom. The zero-order valence-electron chi connectivity index (χ0n) is 11.3. The molecule has 0 aromatic heterocycles. The van der Waals surface area contributed by atoms with Crippen LogP contribution in [-0.2, 0) is 4.74 Å². The van der Waals surface area contributed by atoms with Crippen molar-refractivity contribution in [1.82, 2.24) is 5.32 Å². The Balaban J connectivity index is 1.85. The number of amides is 2. The number of anilines is 1. The van der Waals surface area contributed by atoms with Crippen molar-refractivity contribution in [1.29, 1.82) is 0 Å². The number of aliphatic hydroxyl groups is 1. The van der Waals surface area contributed by atoms with Crippen molar-refractivity contribution in [2.45, 2.75) is 19.3 Å². The average molecular weight is 292 g/mol. The maximum absolute atomic E-state index is 11.8. The number of nitrogens with one attached hydrogen (secondary N) is 2. The summed E-state index contributed by atoms with van der Waals surface area (Å²) in [5, 5.41) is 23.5. The van der Waals surface area contributed by atoms with E-state index in [2.05, 4.69) is 10.6 Å². The van der Waals surface area contributed by atoms with Gasteiger partial charge in [-0.2, -0.15) is 0 Å². The maximum atomic E-state index is 11.8. The number of aliphatic hydroxyl groups excluding tert-OH is 1. The summed E-state index contributed by atoms with van der Waals surface area (Å²) in [5.74, 6) is -1.16. The number of carboxylic acid groups (broad SMARTS) is 1. The predicted molar refractivity (Wildman–Crippen MR) is 74.2 cm³/mol. The minimum atomic E-state index is -1.03. The monoisotopic (exact) mass is 292 g/mol. The molecule has 4 N–H and O–H groups in total. The highest BCUT2D eigenvalue weighted by Crippen LogP contribution is 2.20. The minimum absolute atomic E-state index is 0.130. The third-order valence-corrected chi connectivity index (χ3v) is 3.01. The summed E-state index contributed by atoms with van der Waals surface area (Å²) in [5.41, 5.74) is 0.586. The summed E-state index contributed by atoms with van der Waals surface area (Å²) in [4.78, 5) is 22.5. The zero-order chi connectivity index (χ0) is 15.4. The van der Waals surface area contributed by atoms with E-state index in [4.69, 9.17) is 9.84 Å². The molecule has 1 fully saturated rings. The van der Waals surface area contributed by atoms with Crippen molar-refractivity contribution in [3.63, 3.8) is 0 Å². The number of rotatable bonds is 3. The summed E-state index contributed by atoms with van der Waals surface area (Å²) < 4.78 is 5.23. The van der Waals surface area contributed by atoms with Gasteiger partial charge in [0.25, 0.3) is 0 Å². The molecule has 0 spiro atoms. The highest BCUT2D eigenvalue weighted by molar-refractivity contribution is 5.91. The molecule has 1 aromatic carbocycles. The number of ether oxygens (including phenoxy) is 1. The second kappa shape index (κ2) is 6.55. The third-order valence-electron chi connectivity index (χ3n) is 3.01. The number of hydrogen-bond acceptors (Lipinski definition) is 4. The van der Waals surface area contributed by atoms with E-state index in [0.29, 0.717) is 5.69 Å². The minimum Gasteiger partial charge on any atom is -0.478 e. The van der Waals surface area contributed by atoms with Gasteiger partial charge in [-0.3, -0.25) is 0 Å². The second-order valence-electron chi connectivity index (χ2n) is 4.72. The van der Waals surface area contributed by atoms with Gasteiger partial charge >= 0.3 is 12.0 Å². The van der Waals surface area contributed by atoms with Gasteiger partial charge in [0.2, 0.25) is 0 Å². The molecule has 1 aromatic rings. The van der Waals surface area contributed by atoms with Gasteiger partial charge in [-0.15, -0.1) is 0 Å². The van der Waals surface area contributed by atoms with Crippen LogP contribution >= 0.6 is 0 Å². The van der Waals surface area contributed by atoms with Crippen LogP contribution in [0.4, 0.5) is 10.5 Å². The normalized spacial score (nSPS) is 25.1. The van der Waals surface area contributed by atoms with Gasteiger partial charge in [0.1, 0.15) is 6.23 Å². The lowest BCUT2D eigenvalue weighted by Gasteiger charge is -2.30. The van der Waals surface area contributed by atoms with E-state index >= 15 is 0 Å². The van der Waals surface area contributed by atoms with Crippen molar-refractivity contribution in [3.8, 4) is 0 Å². The lowest BCUT2D eigenvalue weighted by atomic mass is 10.00. The third kappa shape index (κ3) is 4.17. The Hall–Kier alpha value is -2.12. The van der Waals surface area contributed by atoms with Crippen LogP contribution in [0.5, 0.6) is 0 Å². The van der Waals surface area contributed by atoms with Crippen LogP contribution in [0, 0.1) is 18.9 Å². The van der Waals surface area contributed by atoms with Gasteiger partial charge in [-0.05, 0) is 24.3 Å². The van der Waals surface area contributed by atoms with Gasteiger partial charge < -0.3 is 25.6 Å². The van der Waals surface area contributed by atoms with E-state index in [-0.39, 0.29) is 11.5 Å². The van der Waals surface area contributed by atoms with Crippen LogP contribution in [0.15, 0.2) is 24.3 Å². The van der Waals surface area contributed by atoms with Crippen molar-refractivity contribution in [2.24, 2.45) is 5.92 Å². The van der Waals surface area contributed by atoms with E-state index < -0.39 is 24.3 Å². The van der Waals surface area contributed by atoms with Crippen molar-refractivity contribution < 1.29 is 24.5 Å². The predicted octanol–water partition coefficient (Wildman–Crippen LogP) is 1.23. The molecule has 0 bridgehead atoms. The lowest BCUT2D eigenvalue weighted by molar-refractivity contribution is -0.00191. The standard InChI is InChI=1S/C14H16N2O5/c1-8-7-21-12(6-11(8)17)16-14(20)15-10-4-2-9(3-5-10)13(18)19/h2-8,11-12,17H,1H3,(H,18,19)(H2,15,16,20). The number of benzene rings is 1. The fourth-order valence-corrected chi connectivity index (χ4v) is 1.76. The highest BCUT2D eigenvalue weighted by atomic mass is 16.5. The van der Waals surface area contributed by atoms with E-state index in [9.17, 15) is 14.7 Å². The molecule has 21 heavy (non-hydrogen) atoms. The van der Waals surface area contributed by atoms with Gasteiger partial charge in [-0.1, -0.05) is 6.92 Å². The summed E-state index contributed by atoms with van der Waals surface area (Å²) in [6, 6.07) is 5.23. The SMILES string of the molecule is CC1[CH]OC(NC(=O)Nc2ccc(C(=O)O)cc2)[CH]C1O. The molecular weight excluding hydrogens is 276 g/mol. The van der Waals surface area contributed by atoms with Crippen LogP contribution < -0.4 is 10.6 Å². The maximum Gasteiger partial charge on any atom is 0.335 e. The lowest BCUT2D eigenvalue weighted by Crippen LogP contribution is -2.46. The summed E-state index contributed by atoms with van der Waals surface area (Å²) in [6.45, 7) is 3.26. The molecule has 7 heteroatoms. The van der Waals surface area contributed by atoms with Gasteiger partial charge in [0, 0.05) is 18.0 Å². The summed E-state index contributed by atoms with van der Waals surface area (Å²) >= 11 is 0. The number of hydrogen-bond donors (Lipinski definition) is 4.